The summed E-state index contributed by atoms with van der Waals surface area (Å²) in [6.07, 6.45) is -3.70. The molecule has 0 saturated carbocycles. The van der Waals surface area contributed by atoms with E-state index in [0.29, 0.717) is 94.7 Å². The highest BCUT2D eigenvalue weighted by atomic mass is 35.5. The molecule has 1 aromatic carbocycles. The first-order valence-corrected chi connectivity index (χ1v) is 34.2. The first kappa shape index (κ1) is 84.2. The Balaban J connectivity index is 1.18. The second-order valence-electron chi connectivity index (χ2n) is 25.2. The third kappa shape index (κ3) is 25.8. The Labute approximate surface area is 588 Å². The number of aryl methyl sites for hydroxylation is 1. The van der Waals surface area contributed by atoms with Crippen LogP contribution in [0.15, 0.2) is 64.9 Å². The maximum absolute atomic E-state index is 14.2. The van der Waals surface area contributed by atoms with Crippen molar-refractivity contribution in [2.45, 2.75) is 213 Å². The molecule has 28 nitrogen and oxygen atoms in total. The predicted molar refractivity (Wildman–Crippen MR) is 359 cm³/mol. The minimum atomic E-state index is -1.62. The molecule has 0 bridgehead atoms. The van der Waals surface area contributed by atoms with Crippen LogP contribution in [0.3, 0.4) is 0 Å². The summed E-state index contributed by atoms with van der Waals surface area (Å²) in [6.45, 7) is 21.7. The number of phenols is 1. The van der Waals surface area contributed by atoms with Gasteiger partial charge in [0.25, 0.3) is 0 Å². The zero-order chi connectivity index (χ0) is 73.1. The number of hydrogen-bond donors (Lipinski definition) is 7. The van der Waals surface area contributed by atoms with Crippen molar-refractivity contribution in [2.24, 2.45) is 11.8 Å². The number of rotatable bonds is 35. The lowest BCUT2D eigenvalue weighted by Crippen LogP contribution is -2.64. The van der Waals surface area contributed by atoms with Crippen LogP contribution in [-0.2, 0) is 95.5 Å². The maximum atomic E-state index is 14.2. The van der Waals surface area contributed by atoms with Gasteiger partial charge < -0.3 is 102 Å². The average molecular weight is 1450 g/mol. The number of carboxylic acids is 1. The van der Waals surface area contributed by atoms with Crippen LogP contribution in [0.5, 0.6) is 11.5 Å². The molecule has 0 spiro atoms. The van der Waals surface area contributed by atoms with Gasteiger partial charge in [-0.1, -0.05) is 92.1 Å². The minimum absolute atomic E-state index is 0.0458. The summed E-state index contributed by atoms with van der Waals surface area (Å²) in [5, 5.41) is 85.0. The van der Waals surface area contributed by atoms with E-state index in [2.05, 4.69) is 10.3 Å². The van der Waals surface area contributed by atoms with Crippen LogP contribution in [0.4, 0.5) is 0 Å². The topological polar surface area (TPSA) is 370 Å². The number of esters is 3. The highest BCUT2D eigenvalue weighted by molar-refractivity contribution is 6.39. The van der Waals surface area contributed by atoms with E-state index in [-0.39, 0.29) is 78.0 Å². The number of methoxy groups -OCH3 is 1. The quantitative estimate of drug-likeness (QED) is 0.0164. The summed E-state index contributed by atoms with van der Waals surface area (Å²) in [7, 11) is 1.27. The molecule has 99 heavy (non-hydrogen) atoms. The zero-order valence-electron chi connectivity index (χ0n) is 58.7. The van der Waals surface area contributed by atoms with E-state index in [1.54, 1.807) is 64.6 Å². The second kappa shape index (κ2) is 42.2. The number of carbonyl (C=O) groups is 4. The zero-order valence-corrected chi connectivity index (χ0v) is 60.2. The van der Waals surface area contributed by atoms with Crippen molar-refractivity contribution in [2.75, 3.05) is 79.8 Å². The Bertz CT molecular complexity index is 3040. The summed E-state index contributed by atoms with van der Waals surface area (Å²) in [5.41, 5.74) is 0.988. The van der Waals surface area contributed by atoms with Crippen LogP contribution in [0.25, 0.3) is 0 Å². The van der Waals surface area contributed by atoms with Gasteiger partial charge in [-0.3, -0.25) is 14.3 Å². The number of nitrogens with zero attached hydrogens (tertiary/aromatic N) is 3. The summed E-state index contributed by atoms with van der Waals surface area (Å²) >= 11 is 13.5. The molecular weight excluding hydrogens is 1340 g/mol. The number of aromatic hydroxyl groups is 1. The number of cyclic esters (lactones) is 1. The normalized spacial score (nSPS) is 28.5. The van der Waals surface area contributed by atoms with E-state index in [1.807, 2.05) is 32.9 Å². The standard InChI is InChI=1S/C69H103Cl2N3O25/c1-13-45-35-41(6)49(76)19-16-15-18-46(65(84)95-50(43(8)75)21-20-40(5)34-42(7)59(45)97-67-57(81)56(80)63(69(10,11)99-67)98-64(83)39(3)4)37-93-68-62(86-12)58(82)60(44(9)94-68)96-66(85)52-48(14-2)53(70)61(54(71)55(52)79)92-24-17-23-74-36-47(72-73-74)38-91-33-32-90-31-30-89-29-28-88-27-26-87-25-22-51(77)78/h15-16,18,20,34-36,39,43-45,49-50,56-60,62-63,67-68,75-76,79-82H,13-14,17,19,21-33,37-38H2,1-12H3,(H,77,78)/b16-15+,40-20+,41-35+,42-34+,46-18+/t43-,44+,45+,49+,50+,56-,57+,58-,59+,60+,62-,63+,67-,68+/m1/s1. The molecule has 14 atom stereocenters. The second-order valence-corrected chi connectivity index (χ2v) is 25.9. The number of aromatic nitrogens is 3. The van der Waals surface area contributed by atoms with Crippen LogP contribution in [0.1, 0.15) is 130 Å². The Morgan fingerprint density at radius 2 is 1.46 bits per heavy atom. The highest BCUT2D eigenvalue weighted by Gasteiger charge is 2.53. The van der Waals surface area contributed by atoms with Crippen molar-refractivity contribution < 1.29 is 121 Å². The fourth-order valence-electron chi connectivity index (χ4n) is 10.8. The van der Waals surface area contributed by atoms with Crippen molar-refractivity contribution >= 4 is 47.1 Å². The third-order valence-electron chi connectivity index (χ3n) is 16.5. The SMILES string of the molecule is CCc1c(Cl)c(OCCCn2cc(COCCOCCOCCOCCOCCC(=O)O)nn2)c(Cl)c(O)c1C(=O)O[C@@H]1[C@@H](O)[C@@H](OC)[C@@H](OC/C2=C\C=C\C[C@H](O)/C(C)=C/[C@H](CC)[C@@H](O[C@@H]3OC(C)(C)[C@@H](OC(=O)C(C)C)[C@H](O)[C@@H]3O)/C(C)=C/C(C)=C/C[C@@H]([C@@H](C)O)OC2=O)O[C@H]1C. The number of aliphatic hydroxyl groups excluding tert-OH is 5. The first-order chi connectivity index (χ1) is 47.0. The number of carboxylic acid groups (broad SMARTS) is 1. The van der Waals surface area contributed by atoms with Crippen molar-refractivity contribution in [1.82, 2.24) is 15.0 Å². The van der Waals surface area contributed by atoms with Gasteiger partial charge in [0.2, 0.25) is 0 Å². The Kier molecular flexibility index (Phi) is 35.9. The number of ether oxygens (including phenoxy) is 14. The van der Waals surface area contributed by atoms with Crippen molar-refractivity contribution in [3.8, 4) is 11.5 Å². The van der Waals surface area contributed by atoms with E-state index < -0.39 is 133 Å². The van der Waals surface area contributed by atoms with Gasteiger partial charge >= 0.3 is 23.9 Å². The molecule has 2 aromatic rings. The van der Waals surface area contributed by atoms with Crippen molar-refractivity contribution in [1.29, 1.82) is 0 Å². The monoisotopic (exact) mass is 1440 g/mol. The Morgan fingerprint density at radius 3 is 2.07 bits per heavy atom. The molecule has 2 fully saturated rings. The summed E-state index contributed by atoms with van der Waals surface area (Å²) in [6, 6.07) is 0. The summed E-state index contributed by atoms with van der Waals surface area (Å²) in [4.78, 5) is 51.4. The van der Waals surface area contributed by atoms with Gasteiger partial charge in [-0.05, 0) is 90.5 Å². The van der Waals surface area contributed by atoms with Crippen LogP contribution < -0.4 is 4.74 Å². The number of phenolic OH excluding ortho intramolecular Hbond substituents is 1. The molecule has 0 amide bonds. The largest absolute Gasteiger partial charge is 0.505 e. The smallest absolute Gasteiger partial charge is 0.342 e. The summed E-state index contributed by atoms with van der Waals surface area (Å²) < 4.78 is 83.0. The van der Waals surface area contributed by atoms with Crippen molar-refractivity contribution in [3.63, 3.8) is 0 Å². The molecule has 4 heterocycles. The molecule has 0 radical (unpaired) electrons. The van der Waals surface area contributed by atoms with Gasteiger partial charge in [0, 0.05) is 32.4 Å². The van der Waals surface area contributed by atoms with Crippen LogP contribution >= 0.6 is 23.2 Å². The van der Waals surface area contributed by atoms with Gasteiger partial charge in [-0.25, -0.2) is 9.59 Å². The molecule has 3 aliphatic rings. The van der Waals surface area contributed by atoms with E-state index in [0.717, 1.165) is 0 Å². The van der Waals surface area contributed by atoms with Gasteiger partial charge in [0.1, 0.15) is 52.4 Å². The number of benzene rings is 1. The fraction of sp³-hybridized carbons (Fsp3) is 0.681. The number of aliphatic hydroxyl groups is 5. The molecular formula is C69H103Cl2N3O25. The number of carbonyl (C=O) groups excluding carboxylic acids is 3. The number of allylic oxidation sites excluding steroid dienone is 4. The molecule has 3 aliphatic heterocycles. The lowest BCUT2D eigenvalue weighted by atomic mass is 9.88. The molecule has 30 heteroatoms. The van der Waals surface area contributed by atoms with Gasteiger partial charge in [0.05, 0.1) is 133 Å². The van der Waals surface area contributed by atoms with Crippen LogP contribution in [-0.4, -0.2) is 240 Å². The maximum Gasteiger partial charge on any atom is 0.342 e. The van der Waals surface area contributed by atoms with E-state index in [1.165, 1.54) is 33.1 Å². The van der Waals surface area contributed by atoms with Crippen molar-refractivity contribution in [3.05, 3.63) is 91.8 Å². The first-order valence-electron chi connectivity index (χ1n) is 33.4. The van der Waals surface area contributed by atoms with E-state index in [4.69, 9.17) is 94.6 Å². The number of halogens is 2. The number of aliphatic carboxylic acids is 1. The Morgan fingerprint density at radius 1 is 0.818 bits per heavy atom. The lowest BCUT2D eigenvalue weighted by molar-refractivity contribution is -0.333. The molecule has 0 aliphatic carbocycles. The Hall–Kier alpha value is -5.48. The minimum Gasteiger partial charge on any atom is -0.505 e. The lowest BCUT2D eigenvalue weighted by Gasteiger charge is -2.47. The molecule has 2 saturated heterocycles. The molecule has 5 rings (SSSR count). The van der Waals surface area contributed by atoms with E-state index in [9.17, 15) is 49.8 Å². The molecule has 558 valence electrons. The van der Waals surface area contributed by atoms with Gasteiger partial charge in [-0.15, -0.1) is 5.10 Å². The molecule has 7 N–H and O–H groups in total. The predicted octanol–water partition coefficient (Wildman–Crippen LogP) is 6.65. The van der Waals surface area contributed by atoms with E-state index >= 15 is 0 Å². The molecule has 0 unspecified atom stereocenters. The average Bonchev–Trinajstić information content (AvgIpc) is 1.23. The van der Waals surface area contributed by atoms with Crippen LogP contribution in [0, 0.1) is 11.8 Å². The molecule has 1 aromatic heterocycles. The van der Waals surface area contributed by atoms with Crippen LogP contribution in [0.2, 0.25) is 10.0 Å². The number of hydrogen-bond acceptors (Lipinski definition) is 26. The van der Waals surface area contributed by atoms with Gasteiger partial charge in [-0.2, -0.15) is 0 Å². The fourth-order valence-corrected chi connectivity index (χ4v) is 11.5. The van der Waals surface area contributed by atoms with Gasteiger partial charge in [0.15, 0.2) is 36.3 Å². The summed E-state index contributed by atoms with van der Waals surface area (Å²) in [5.74, 6) is -5.09. The highest BCUT2D eigenvalue weighted by Crippen LogP contribution is 2.46. The third-order valence-corrected chi connectivity index (χ3v) is 17.3.